The van der Waals surface area contributed by atoms with E-state index in [0.717, 1.165) is 16.7 Å². The number of esters is 1. The molecule has 0 saturated carbocycles. The Morgan fingerprint density at radius 3 is 2.43 bits per heavy atom. The van der Waals surface area contributed by atoms with Crippen molar-refractivity contribution in [3.05, 3.63) is 30.0 Å². The van der Waals surface area contributed by atoms with E-state index in [1.54, 1.807) is 6.07 Å². The Bertz CT molecular complexity index is 668. The van der Waals surface area contributed by atoms with Crippen LogP contribution in [0.2, 0.25) is 18.1 Å². The summed E-state index contributed by atoms with van der Waals surface area (Å²) >= 11 is 0. The Labute approximate surface area is 126 Å². The van der Waals surface area contributed by atoms with Crippen LogP contribution in [0, 0.1) is 0 Å². The van der Waals surface area contributed by atoms with Crippen LogP contribution in [0.5, 0.6) is 5.75 Å². The molecule has 21 heavy (non-hydrogen) atoms. The summed E-state index contributed by atoms with van der Waals surface area (Å²) in [6.07, 6.45) is 0. The highest BCUT2D eigenvalue weighted by atomic mass is 28.4. The van der Waals surface area contributed by atoms with Gasteiger partial charge in [0, 0.05) is 10.9 Å². The number of carbonyl (C=O) groups is 1. The van der Waals surface area contributed by atoms with Crippen LogP contribution in [0.1, 0.15) is 31.3 Å². The minimum Gasteiger partial charge on any atom is -0.543 e. The molecule has 1 aromatic heterocycles. The molecule has 2 aromatic rings. The van der Waals surface area contributed by atoms with Gasteiger partial charge in [0.2, 0.25) is 8.32 Å². The number of carbonyl (C=O) groups excluding carboxylic acids is 1. The largest absolute Gasteiger partial charge is 0.543 e. The van der Waals surface area contributed by atoms with E-state index in [2.05, 4.69) is 38.8 Å². The second kappa shape index (κ2) is 5.22. The fourth-order valence-corrected chi connectivity index (χ4v) is 2.86. The van der Waals surface area contributed by atoms with E-state index in [0.29, 0.717) is 5.69 Å². The predicted octanol–water partition coefficient (Wildman–Crippen LogP) is 4.34. The minimum atomic E-state index is -1.86. The summed E-state index contributed by atoms with van der Waals surface area (Å²) in [4.78, 5) is 14.6. The molecular formula is C16H23NO3Si. The Kier molecular flexibility index (Phi) is 3.89. The number of H-pyrrole nitrogens is 1. The van der Waals surface area contributed by atoms with Gasteiger partial charge in [0.05, 0.1) is 7.11 Å². The van der Waals surface area contributed by atoms with Crippen LogP contribution in [0.4, 0.5) is 0 Å². The molecule has 0 aliphatic carbocycles. The van der Waals surface area contributed by atoms with Crippen LogP contribution in [-0.4, -0.2) is 26.4 Å². The zero-order valence-electron chi connectivity index (χ0n) is 13.5. The number of rotatable bonds is 3. The molecule has 0 fully saturated rings. The maximum absolute atomic E-state index is 11.6. The molecule has 114 valence electrons. The van der Waals surface area contributed by atoms with Crippen molar-refractivity contribution in [1.29, 1.82) is 0 Å². The molecule has 0 aliphatic heterocycles. The van der Waals surface area contributed by atoms with E-state index in [1.165, 1.54) is 7.11 Å². The molecule has 0 saturated heterocycles. The number of benzene rings is 1. The van der Waals surface area contributed by atoms with Gasteiger partial charge in [-0.3, -0.25) is 0 Å². The number of fused-ring (bicyclic) bond motifs is 1. The third-order valence-corrected chi connectivity index (χ3v) is 8.54. The molecule has 0 aliphatic rings. The topological polar surface area (TPSA) is 51.3 Å². The number of methoxy groups -OCH3 is 1. The number of aromatic nitrogens is 1. The van der Waals surface area contributed by atoms with Crippen LogP contribution in [0.25, 0.3) is 10.9 Å². The Hall–Kier alpha value is -1.75. The summed E-state index contributed by atoms with van der Waals surface area (Å²) in [5.74, 6) is 0.488. The monoisotopic (exact) mass is 305 g/mol. The van der Waals surface area contributed by atoms with Crippen LogP contribution in [0.15, 0.2) is 24.3 Å². The van der Waals surface area contributed by atoms with E-state index < -0.39 is 8.32 Å². The molecule has 0 unspecified atom stereocenters. The Balaban J connectivity index is 2.33. The van der Waals surface area contributed by atoms with E-state index >= 15 is 0 Å². The average Bonchev–Trinajstić information content (AvgIpc) is 2.79. The quantitative estimate of drug-likeness (QED) is 0.678. The highest BCUT2D eigenvalue weighted by Crippen LogP contribution is 2.37. The highest BCUT2D eigenvalue weighted by molar-refractivity contribution is 6.74. The fourth-order valence-electron chi connectivity index (χ4n) is 1.84. The van der Waals surface area contributed by atoms with Gasteiger partial charge in [0.1, 0.15) is 11.4 Å². The molecule has 5 heteroatoms. The number of aromatic amines is 1. The second-order valence-electron chi connectivity index (χ2n) is 6.79. The van der Waals surface area contributed by atoms with Crippen LogP contribution >= 0.6 is 0 Å². The first-order valence-electron chi connectivity index (χ1n) is 7.04. The van der Waals surface area contributed by atoms with Crippen LogP contribution < -0.4 is 4.43 Å². The maximum Gasteiger partial charge on any atom is 0.354 e. The van der Waals surface area contributed by atoms with Crippen LogP contribution in [-0.2, 0) is 4.74 Å². The van der Waals surface area contributed by atoms with Crippen molar-refractivity contribution in [2.45, 2.75) is 38.9 Å². The molecule has 1 heterocycles. The molecule has 0 spiro atoms. The summed E-state index contributed by atoms with van der Waals surface area (Å²) in [6, 6.07) is 7.64. The number of nitrogens with one attached hydrogen (secondary N) is 1. The van der Waals surface area contributed by atoms with Gasteiger partial charge in [0.25, 0.3) is 0 Å². The smallest absolute Gasteiger partial charge is 0.354 e. The summed E-state index contributed by atoms with van der Waals surface area (Å²) in [5.41, 5.74) is 1.36. The predicted molar refractivity (Wildman–Crippen MR) is 87.5 cm³/mol. The average molecular weight is 305 g/mol. The first-order valence-corrected chi connectivity index (χ1v) is 9.95. The lowest BCUT2D eigenvalue weighted by molar-refractivity contribution is 0.0595. The normalized spacial score (nSPS) is 12.5. The van der Waals surface area contributed by atoms with Gasteiger partial charge < -0.3 is 14.1 Å². The first-order chi connectivity index (χ1) is 9.64. The van der Waals surface area contributed by atoms with Crippen molar-refractivity contribution in [3.8, 4) is 5.75 Å². The van der Waals surface area contributed by atoms with E-state index in [-0.39, 0.29) is 11.0 Å². The number of ether oxygens (including phenoxy) is 1. The van der Waals surface area contributed by atoms with Crippen molar-refractivity contribution >= 4 is 25.2 Å². The molecule has 0 atom stereocenters. The Morgan fingerprint density at radius 1 is 1.19 bits per heavy atom. The van der Waals surface area contributed by atoms with E-state index in [9.17, 15) is 4.79 Å². The van der Waals surface area contributed by atoms with Crippen molar-refractivity contribution in [1.82, 2.24) is 4.98 Å². The fraction of sp³-hybridized carbons (Fsp3) is 0.438. The van der Waals surface area contributed by atoms with Gasteiger partial charge >= 0.3 is 5.97 Å². The highest BCUT2D eigenvalue weighted by Gasteiger charge is 2.38. The molecule has 1 aromatic carbocycles. The third kappa shape index (κ3) is 3.13. The lowest BCUT2D eigenvalue weighted by atomic mass is 10.2. The minimum absolute atomic E-state index is 0.150. The second-order valence-corrected chi connectivity index (χ2v) is 11.5. The molecule has 1 N–H and O–H groups in total. The summed E-state index contributed by atoms with van der Waals surface area (Å²) < 4.78 is 11.0. The lowest BCUT2D eigenvalue weighted by Gasteiger charge is -2.36. The summed E-state index contributed by atoms with van der Waals surface area (Å²) in [5, 5.41) is 1.10. The molecule has 0 radical (unpaired) electrons. The molecule has 4 nitrogen and oxygen atoms in total. The van der Waals surface area contributed by atoms with Crippen molar-refractivity contribution in [2.75, 3.05) is 7.11 Å². The summed E-state index contributed by atoms with van der Waals surface area (Å²) in [7, 11) is -0.482. The molecule has 2 rings (SSSR count). The molecule has 0 amide bonds. The molecule has 0 bridgehead atoms. The number of hydrogen-bond acceptors (Lipinski definition) is 3. The van der Waals surface area contributed by atoms with Gasteiger partial charge in [-0.1, -0.05) is 20.8 Å². The zero-order valence-corrected chi connectivity index (χ0v) is 14.5. The summed E-state index contributed by atoms with van der Waals surface area (Å²) in [6.45, 7) is 11.1. The SMILES string of the molecule is COC(=O)c1cc2cc(O[Si](C)(C)C(C)(C)C)ccc2[nH]1. The maximum atomic E-state index is 11.6. The van der Waals surface area contributed by atoms with Gasteiger partial charge in [0.15, 0.2) is 0 Å². The van der Waals surface area contributed by atoms with Gasteiger partial charge in [-0.25, -0.2) is 4.79 Å². The van der Waals surface area contributed by atoms with Gasteiger partial charge in [-0.15, -0.1) is 0 Å². The first kappa shape index (κ1) is 15.6. The van der Waals surface area contributed by atoms with E-state index in [4.69, 9.17) is 9.16 Å². The lowest BCUT2D eigenvalue weighted by Crippen LogP contribution is -2.43. The van der Waals surface area contributed by atoms with E-state index in [1.807, 2.05) is 18.2 Å². The standard InChI is InChI=1S/C16H23NO3Si/c1-16(2,3)21(5,6)20-12-7-8-13-11(9-12)10-14(17-13)15(18)19-4/h7-10,17H,1-6H3. The third-order valence-electron chi connectivity index (χ3n) is 4.18. The zero-order chi connectivity index (χ0) is 15.8. The number of hydrogen-bond donors (Lipinski definition) is 1. The van der Waals surface area contributed by atoms with Gasteiger partial charge in [-0.05, 0) is 42.4 Å². The van der Waals surface area contributed by atoms with Crippen molar-refractivity contribution < 1.29 is 14.0 Å². The Morgan fingerprint density at radius 2 is 1.86 bits per heavy atom. The molecular weight excluding hydrogens is 282 g/mol. The van der Waals surface area contributed by atoms with Crippen LogP contribution in [0.3, 0.4) is 0 Å². The van der Waals surface area contributed by atoms with Crippen molar-refractivity contribution in [2.24, 2.45) is 0 Å². The van der Waals surface area contributed by atoms with Gasteiger partial charge in [-0.2, -0.15) is 0 Å². The van der Waals surface area contributed by atoms with Crippen molar-refractivity contribution in [3.63, 3.8) is 0 Å².